The minimum atomic E-state index is -3.58. The Hall–Kier alpha value is -3.26. The summed E-state index contributed by atoms with van der Waals surface area (Å²) in [6.45, 7) is 0.368. The maximum atomic E-state index is 12.3. The molecule has 2 heterocycles. The van der Waals surface area contributed by atoms with Gasteiger partial charge < -0.3 is 14.8 Å². The lowest BCUT2D eigenvalue weighted by molar-refractivity contribution is 0.425. The lowest BCUT2D eigenvalue weighted by atomic mass is 10.1. The number of rotatable bonds is 4. The first kappa shape index (κ1) is 18.1. The van der Waals surface area contributed by atoms with Crippen LogP contribution in [0.1, 0.15) is 5.56 Å². The van der Waals surface area contributed by atoms with Gasteiger partial charge in [-0.15, -0.1) is 0 Å². The molecule has 0 aliphatic carbocycles. The normalized spacial score (nSPS) is 11.9. The van der Waals surface area contributed by atoms with Crippen LogP contribution in [0, 0.1) is 0 Å². The van der Waals surface area contributed by atoms with E-state index in [-0.39, 0.29) is 22.5 Å². The van der Waals surface area contributed by atoms with Crippen molar-refractivity contribution >= 4 is 37.4 Å². The first-order valence-corrected chi connectivity index (χ1v) is 10.4. The molecular weight excluding hydrogens is 378 g/mol. The van der Waals surface area contributed by atoms with Crippen LogP contribution in [0.3, 0.4) is 0 Å². The Labute approximate surface area is 162 Å². The molecule has 0 saturated heterocycles. The summed E-state index contributed by atoms with van der Waals surface area (Å²) in [5, 5.41) is 22.7. The van der Waals surface area contributed by atoms with Crippen LogP contribution in [0.25, 0.3) is 21.7 Å². The van der Waals surface area contributed by atoms with Crippen molar-refractivity contribution in [2.24, 2.45) is 0 Å². The second kappa shape index (κ2) is 6.42. The summed E-state index contributed by atoms with van der Waals surface area (Å²) in [5.74, 6) is -0.326. The Balaban J connectivity index is 2.07. The zero-order chi connectivity index (χ0) is 20.1. The lowest BCUT2D eigenvalue weighted by Crippen LogP contribution is -2.25. The summed E-state index contributed by atoms with van der Waals surface area (Å²) < 4.78 is 27.2. The molecule has 0 aliphatic rings. The number of nitrogens with zero attached hydrogens (tertiary/aromatic N) is 3. The number of aromatic nitrogens is 2. The van der Waals surface area contributed by atoms with Crippen molar-refractivity contribution in [1.82, 2.24) is 9.55 Å². The van der Waals surface area contributed by atoms with Gasteiger partial charge in [-0.2, -0.15) is 0 Å². The largest absolute Gasteiger partial charge is 0.505 e. The minimum Gasteiger partial charge on any atom is -0.505 e. The Kier molecular flexibility index (Phi) is 4.15. The predicted molar refractivity (Wildman–Crippen MR) is 109 cm³/mol. The summed E-state index contributed by atoms with van der Waals surface area (Å²) in [5.41, 5.74) is 1.55. The zero-order valence-corrected chi connectivity index (χ0v) is 16.2. The molecule has 28 heavy (non-hydrogen) atoms. The summed E-state index contributed by atoms with van der Waals surface area (Å²) in [4.78, 5) is 4.20. The second-order valence-corrected chi connectivity index (χ2v) is 8.70. The van der Waals surface area contributed by atoms with Crippen molar-refractivity contribution in [3.63, 3.8) is 0 Å². The first-order valence-electron chi connectivity index (χ1n) is 8.58. The Morgan fingerprint density at radius 1 is 1.07 bits per heavy atom. The number of benzene rings is 2. The zero-order valence-electron chi connectivity index (χ0n) is 15.4. The molecule has 0 saturated carbocycles. The molecular formula is C20H19N3O4S. The van der Waals surface area contributed by atoms with E-state index in [1.165, 1.54) is 13.2 Å². The highest BCUT2D eigenvalue weighted by Crippen LogP contribution is 2.46. The summed E-state index contributed by atoms with van der Waals surface area (Å²) in [6.07, 6.45) is 4.27. The monoisotopic (exact) mass is 397 g/mol. The Morgan fingerprint density at radius 2 is 1.79 bits per heavy atom. The molecule has 144 valence electrons. The molecule has 0 atom stereocenters. The fourth-order valence-electron chi connectivity index (χ4n) is 3.41. The summed E-state index contributed by atoms with van der Waals surface area (Å²) >= 11 is 0. The van der Waals surface area contributed by atoms with Crippen molar-refractivity contribution < 1.29 is 18.6 Å². The summed E-state index contributed by atoms with van der Waals surface area (Å²) in [6, 6.07) is 12.9. The smallest absolute Gasteiger partial charge is 0.232 e. The highest BCUT2D eigenvalue weighted by atomic mass is 32.2. The quantitative estimate of drug-likeness (QED) is 0.552. The minimum absolute atomic E-state index is 0.146. The van der Waals surface area contributed by atoms with Gasteiger partial charge in [0.2, 0.25) is 15.9 Å². The fraction of sp³-hybridized carbons (Fsp3) is 0.150. The van der Waals surface area contributed by atoms with E-state index < -0.39 is 10.0 Å². The third-order valence-electron chi connectivity index (χ3n) is 4.84. The van der Waals surface area contributed by atoms with Gasteiger partial charge >= 0.3 is 0 Å². The number of sulfonamides is 1. The van der Waals surface area contributed by atoms with Gasteiger partial charge in [0.25, 0.3) is 0 Å². The number of pyridine rings is 1. The van der Waals surface area contributed by atoms with Crippen molar-refractivity contribution in [3.8, 4) is 11.6 Å². The van der Waals surface area contributed by atoms with Gasteiger partial charge in [-0.05, 0) is 17.7 Å². The van der Waals surface area contributed by atoms with Crippen LogP contribution in [0.15, 0.2) is 54.9 Å². The van der Waals surface area contributed by atoms with Gasteiger partial charge in [-0.3, -0.25) is 9.29 Å². The molecule has 0 amide bonds. The van der Waals surface area contributed by atoms with Crippen molar-refractivity contribution in [1.29, 1.82) is 0 Å². The number of phenols is 1. The average Bonchev–Trinajstić information content (AvgIpc) is 2.98. The predicted octanol–water partition coefficient (Wildman–Crippen LogP) is 3.04. The highest BCUT2D eigenvalue weighted by molar-refractivity contribution is 7.92. The molecule has 0 spiro atoms. The van der Waals surface area contributed by atoms with E-state index in [1.54, 1.807) is 22.9 Å². The van der Waals surface area contributed by atoms with E-state index in [1.807, 2.05) is 30.3 Å². The van der Waals surface area contributed by atoms with E-state index in [2.05, 4.69) is 4.98 Å². The second-order valence-electron chi connectivity index (χ2n) is 6.68. The van der Waals surface area contributed by atoms with Crippen molar-refractivity contribution in [2.45, 2.75) is 6.54 Å². The number of hydrogen-bond acceptors (Lipinski definition) is 5. The maximum absolute atomic E-state index is 12.3. The van der Waals surface area contributed by atoms with E-state index >= 15 is 0 Å². The highest BCUT2D eigenvalue weighted by Gasteiger charge is 2.25. The number of anilines is 1. The van der Waals surface area contributed by atoms with E-state index in [4.69, 9.17) is 0 Å². The van der Waals surface area contributed by atoms with Crippen LogP contribution in [-0.2, 0) is 16.6 Å². The van der Waals surface area contributed by atoms with Crippen LogP contribution in [0.2, 0.25) is 0 Å². The van der Waals surface area contributed by atoms with E-state index in [9.17, 15) is 18.6 Å². The molecule has 2 aromatic carbocycles. The lowest BCUT2D eigenvalue weighted by Gasteiger charge is -2.20. The fourth-order valence-corrected chi connectivity index (χ4v) is 3.94. The van der Waals surface area contributed by atoms with E-state index in [0.717, 1.165) is 16.1 Å². The topological polar surface area (TPSA) is 95.7 Å². The van der Waals surface area contributed by atoms with Crippen molar-refractivity contribution in [2.75, 3.05) is 17.6 Å². The number of phenolic OH excluding ortho intramolecular Hbond substituents is 1. The van der Waals surface area contributed by atoms with Gasteiger partial charge in [0.05, 0.1) is 23.9 Å². The Bertz CT molecular complexity index is 1300. The molecule has 0 aliphatic heterocycles. The van der Waals surface area contributed by atoms with Gasteiger partial charge in [-0.1, -0.05) is 30.3 Å². The molecule has 0 unspecified atom stereocenters. The molecule has 8 heteroatoms. The number of hydrogen-bond donors (Lipinski definition) is 2. The number of aromatic hydroxyl groups is 2. The van der Waals surface area contributed by atoms with Crippen LogP contribution in [0.4, 0.5) is 5.69 Å². The molecule has 7 nitrogen and oxygen atoms in total. The van der Waals surface area contributed by atoms with Crippen LogP contribution < -0.4 is 4.31 Å². The van der Waals surface area contributed by atoms with Gasteiger partial charge in [0, 0.05) is 30.2 Å². The number of fused-ring (bicyclic) bond motifs is 2. The third kappa shape index (κ3) is 2.82. The molecule has 2 N–H and O–H groups in total. The van der Waals surface area contributed by atoms with Gasteiger partial charge in [0.15, 0.2) is 5.75 Å². The molecule has 2 aromatic heterocycles. The van der Waals surface area contributed by atoms with Crippen LogP contribution in [-0.4, -0.2) is 41.5 Å². The molecule has 4 rings (SSSR count). The molecule has 0 radical (unpaired) electrons. The molecule has 0 fully saturated rings. The molecule has 4 aromatic rings. The standard InChI is InChI=1S/C20H19N3O4S/c1-22(28(2,26)27)18-14-9-6-10-21-17(14)19(24)16-15(18)12-23(20(16)25)11-13-7-4-3-5-8-13/h3-10,12,24-25H,11H2,1-2H3. The summed E-state index contributed by atoms with van der Waals surface area (Å²) in [7, 11) is -2.14. The molecule has 0 bridgehead atoms. The van der Waals surface area contributed by atoms with Crippen LogP contribution >= 0.6 is 0 Å². The average molecular weight is 397 g/mol. The first-order chi connectivity index (χ1) is 13.3. The van der Waals surface area contributed by atoms with Crippen LogP contribution in [0.5, 0.6) is 11.6 Å². The maximum Gasteiger partial charge on any atom is 0.232 e. The van der Waals surface area contributed by atoms with Crippen molar-refractivity contribution in [3.05, 3.63) is 60.4 Å². The van der Waals surface area contributed by atoms with Gasteiger partial charge in [0.1, 0.15) is 5.52 Å². The van der Waals surface area contributed by atoms with Gasteiger partial charge in [-0.25, -0.2) is 8.42 Å². The third-order valence-corrected chi connectivity index (χ3v) is 6.01. The van der Waals surface area contributed by atoms with E-state index in [0.29, 0.717) is 23.0 Å². The Morgan fingerprint density at radius 3 is 2.46 bits per heavy atom. The SMILES string of the molecule is CN(c1c2cccnc2c(O)c2c(O)n(Cc3ccccc3)cc12)S(C)(=O)=O.